The average Bonchev–Trinajstić information content (AvgIpc) is 2.73. The van der Waals surface area contributed by atoms with Crippen molar-refractivity contribution in [2.45, 2.75) is 13.3 Å². The molecule has 17 heavy (non-hydrogen) atoms. The van der Waals surface area contributed by atoms with Gasteiger partial charge in [-0.2, -0.15) is 0 Å². The summed E-state index contributed by atoms with van der Waals surface area (Å²) in [5.74, 6) is 0.142. The lowest BCUT2D eigenvalue weighted by Gasteiger charge is -2.19. The van der Waals surface area contributed by atoms with Gasteiger partial charge in [0.2, 0.25) is 10.0 Å². The number of hydrogen-bond acceptors (Lipinski definition) is 3. The largest absolute Gasteiger partial charge is 0.370 e. The molecule has 5 heteroatoms. The summed E-state index contributed by atoms with van der Waals surface area (Å²) >= 11 is 0. The maximum absolute atomic E-state index is 11.3. The number of rotatable bonds is 5. The number of para-hydroxylation sites is 1. The molecule has 0 aromatic heterocycles. The van der Waals surface area contributed by atoms with Crippen molar-refractivity contribution in [3.05, 3.63) is 29.8 Å². The van der Waals surface area contributed by atoms with Crippen molar-refractivity contribution in [1.29, 1.82) is 0 Å². The normalized spacial score (nSPS) is 15.0. The second-order valence-electron chi connectivity index (χ2n) is 4.16. The highest BCUT2D eigenvalue weighted by Gasteiger charge is 2.18. The predicted molar refractivity (Wildman–Crippen MR) is 69.8 cm³/mol. The minimum absolute atomic E-state index is 0.142. The number of fused-ring (bicyclic) bond motifs is 1. The van der Waals surface area contributed by atoms with Gasteiger partial charge in [-0.25, -0.2) is 13.1 Å². The van der Waals surface area contributed by atoms with Crippen molar-refractivity contribution in [2.75, 3.05) is 30.3 Å². The van der Waals surface area contributed by atoms with E-state index in [1.54, 1.807) is 6.92 Å². The van der Waals surface area contributed by atoms with Crippen LogP contribution in [-0.4, -0.2) is 33.8 Å². The van der Waals surface area contributed by atoms with Gasteiger partial charge in [-0.3, -0.25) is 0 Å². The standard InChI is InChI=1S/C12H18N2O2S/c1-2-17(15,16)13-8-10-14-9-7-11-5-3-4-6-12(11)14/h3-6,13H,2,7-10H2,1H3. The van der Waals surface area contributed by atoms with E-state index in [0.717, 1.165) is 19.5 Å². The van der Waals surface area contributed by atoms with Crippen LogP contribution in [0.3, 0.4) is 0 Å². The molecule has 0 saturated carbocycles. The number of nitrogens with zero attached hydrogens (tertiary/aromatic N) is 1. The van der Waals surface area contributed by atoms with Crippen LogP contribution in [0.25, 0.3) is 0 Å². The molecule has 0 spiro atoms. The first kappa shape index (κ1) is 12.4. The van der Waals surface area contributed by atoms with Crippen LogP contribution < -0.4 is 9.62 Å². The molecule has 0 bridgehead atoms. The molecule has 2 rings (SSSR count). The highest BCUT2D eigenvalue weighted by Crippen LogP contribution is 2.26. The summed E-state index contributed by atoms with van der Waals surface area (Å²) in [6.45, 7) is 3.83. The van der Waals surface area contributed by atoms with Gasteiger partial charge in [0.05, 0.1) is 5.75 Å². The van der Waals surface area contributed by atoms with Gasteiger partial charge in [0, 0.05) is 25.3 Å². The molecule has 0 amide bonds. The second kappa shape index (κ2) is 5.06. The van der Waals surface area contributed by atoms with E-state index in [0.29, 0.717) is 6.54 Å². The molecule has 0 atom stereocenters. The van der Waals surface area contributed by atoms with Crippen molar-refractivity contribution in [3.63, 3.8) is 0 Å². The molecule has 0 unspecified atom stereocenters. The number of benzene rings is 1. The van der Waals surface area contributed by atoms with Gasteiger partial charge in [0.15, 0.2) is 0 Å². The summed E-state index contributed by atoms with van der Waals surface area (Å²) in [5, 5.41) is 0. The monoisotopic (exact) mass is 254 g/mol. The first-order valence-electron chi connectivity index (χ1n) is 5.92. The fraction of sp³-hybridized carbons (Fsp3) is 0.500. The van der Waals surface area contributed by atoms with E-state index in [4.69, 9.17) is 0 Å². The van der Waals surface area contributed by atoms with E-state index in [1.807, 2.05) is 12.1 Å². The minimum Gasteiger partial charge on any atom is -0.370 e. The van der Waals surface area contributed by atoms with Crippen LogP contribution in [0, 0.1) is 0 Å². The van der Waals surface area contributed by atoms with Crippen molar-refractivity contribution in [1.82, 2.24) is 4.72 Å². The Kier molecular flexibility index (Phi) is 3.69. The van der Waals surface area contributed by atoms with Crippen molar-refractivity contribution in [3.8, 4) is 0 Å². The zero-order chi connectivity index (χ0) is 12.3. The van der Waals surface area contributed by atoms with Gasteiger partial charge in [0.25, 0.3) is 0 Å². The first-order chi connectivity index (χ1) is 8.12. The fourth-order valence-electron chi connectivity index (χ4n) is 2.08. The lowest BCUT2D eigenvalue weighted by molar-refractivity contribution is 0.582. The van der Waals surface area contributed by atoms with Gasteiger partial charge in [-0.1, -0.05) is 18.2 Å². The number of hydrogen-bond donors (Lipinski definition) is 1. The Morgan fingerprint density at radius 1 is 1.35 bits per heavy atom. The van der Waals surface area contributed by atoms with E-state index in [1.165, 1.54) is 11.3 Å². The van der Waals surface area contributed by atoms with Crippen LogP contribution in [0.1, 0.15) is 12.5 Å². The lowest BCUT2D eigenvalue weighted by Crippen LogP contribution is -2.34. The van der Waals surface area contributed by atoms with Gasteiger partial charge >= 0.3 is 0 Å². The van der Waals surface area contributed by atoms with E-state index in [2.05, 4.69) is 21.8 Å². The molecule has 4 nitrogen and oxygen atoms in total. The topological polar surface area (TPSA) is 49.4 Å². The van der Waals surface area contributed by atoms with Crippen LogP contribution >= 0.6 is 0 Å². The van der Waals surface area contributed by atoms with Crippen molar-refractivity contribution < 1.29 is 8.42 Å². The van der Waals surface area contributed by atoms with Crippen molar-refractivity contribution in [2.24, 2.45) is 0 Å². The molecule has 0 aliphatic carbocycles. The summed E-state index contributed by atoms with van der Waals surface area (Å²) in [7, 11) is -3.07. The molecule has 94 valence electrons. The van der Waals surface area contributed by atoms with Gasteiger partial charge in [0.1, 0.15) is 0 Å². The average molecular weight is 254 g/mol. The summed E-state index contributed by atoms with van der Waals surface area (Å²) in [5.41, 5.74) is 2.59. The van der Waals surface area contributed by atoms with E-state index < -0.39 is 10.0 Å². The summed E-state index contributed by atoms with van der Waals surface area (Å²) < 4.78 is 25.2. The molecule has 1 aliphatic heterocycles. The van der Waals surface area contributed by atoms with Crippen molar-refractivity contribution >= 4 is 15.7 Å². The molecule has 1 N–H and O–H groups in total. The molecule has 0 radical (unpaired) electrons. The molecule has 0 fully saturated rings. The third-order valence-electron chi connectivity index (χ3n) is 3.07. The third-order valence-corrected chi connectivity index (χ3v) is 4.47. The van der Waals surface area contributed by atoms with Crippen LogP contribution in [0.5, 0.6) is 0 Å². The van der Waals surface area contributed by atoms with Gasteiger partial charge in [-0.05, 0) is 25.0 Å². The minimum atomic E-state index is -3.07. The lowest BCUT2D eigenvalue weighted by atomic mass is 10.2. The zero-order valence-corrected chi connectivity index (χ0v) is 10.8. The highest BCUT2D eigenvalue weighted by molar-refractivity contribution is 7.89. The van der Waals surface area contributed by atoms with Crippen LogP contribution in [0.2, 0.25) is 0 Å². The molecular formula is C12H18N2O2S. The smallest absolute Gasteiger partial charge is 0.211 e. The molecular weight excluding hydrogens is 236 g/mol. The SMILES string of the molecule is CCS(=O)(=O)NCCN1CCc2ccccc21. The number of anilines is 1. The quantitative estimate of drug-likeness (QED) is 0.852. The van der Waals surface area contributed by atoms with Crippen LogP contribution in [0.4, 0.5) is 5.69 Å². The van der Waals surface area contributed by atoms with E-state index in [9.17, 15) is 8.42 Å². The third kappa shape index (κ3) is 2.98. The number of nitrogens with one attached hydrogen (secondary N) is 1. The molecule has 1 aromatic carbocycles. The Hall–Kier alpha value is -1.07. The van der Waals surface area contributed by atoms with Gasteiger partial charge < -0.3 is 4.90 Å². The molecule has 0 saturated heterocycles. The van der Waals surface area contributed by atoms with Crippen LogP contribution in [-0.2, 0) is 16.4 Å². The Morgan fingerprint density at radius 2 is 2.12 bits per heavy atom. The second-order valence-corrected chi connectivity index (χ2v) is 6.26. The molecule has 1 aromatic rings. The first-order valence-corrected chi connectivity index (χ1v) is 7.58. The Labute approximate surface area is 103 Å². The zero-order valence-electron chi connectivity index (χ0n) is 10.0. The summed E-state index contributed by atoms with van der Waals surface area (Å²) in [6.07, 6.45) is 1.05. The summed E-state index contributed by atoms with van der Waals surface area (Å²) in [6, 6.07) is 8.29. The van der Waals surface area contributed by atoms with E-state index >= 15 is 0 Å². The maximum Gasteiger partial charge on any atom is 0.211 e. The van der Waals surface area contributed by atoms with Gasteiger partial charge in [-0.15, -0.1) is 0 Å². The van der Waals surface area contributed by atoms with E-state index in [-0.39, 0.29) is 5.75 Å². The fourth-order valence-corrected chi connectivity index (χ4v) is 2.68. The highest BCUT2D eigenvalue weighted by atomic mass is 32.2. The van der Waals surface area contributed by atoms with Crippen LogP contribution in [0.15, 0.2) is 24.3 Å². The Morgan fingerprint density at radius 3 is 2.88 bits per heavy atom. The summed E-state index contributed by atoms with van der Waals surface area (Å²) in [4.78, 5) is 2.23. The molecule has 1 heterocycles. The maximum atomic E-state index is 11.3. The number of sulfonamides is 1. The molecule has 1 aliphatic rings. The predicted octanol–water partition coefficient (Wildman–Crippen LogP) is 0.988. The Balaban J connectivity index is 1.90. The Bertz CT molecular complexity index is 485.